The van der Waals surface area contributed by atoms with E-state index in [1.165, 1.54) is 5.56 Å². The Morgan fingerprint density at radius 3 is 2.29 bits per heavy atom. The van der Waals surface area contributed by atoms with Gasteiger partial charge < -0.3 is 11.1 Å². The Bertz CT molecular complexity index is 372. The number of carbonyl (C=O) groups is 1. The van der Waals surface area contributed by atoms with Crippen LogP contribution in [0.15, 0.2) is 24.3 Å². The van der Waals surface area contributed by atoms with Crippen molar-refractivity contribution in [3.8, 4) is 0 Å². The Balaban J connectivity index is 3.10. The first kappa shape index (κ1) is 13.7. The van der Waals surface area contributed by atoms with E-state index in [1.54, 1.807) is 0 Å². The lowest BCUT2D eigenvalue weighted by Crippen LogP contribution is -2.44. The van der Waals surface area contributed by atoms with Crippen molar-refractivity contribution in [1.82, 2.24) is 5.32 Å². The molecule has 1 aromatic carbocycles. The van der Waals surface area contributed by atoms with Gasteiger partial charge in [0.1, 0.15) is 0 Å². The molecule has 1 unspecified atom stereocenters. The fourth-order valence-electron chi connectivity index (χ4n) is 2.23. The maximum Gasteiger partial charge on any atom is 0.219 e. The zero-order valence-corrected chi connectivity index (χ0v) is 10.9. The smallest absolute Gasteiger partial charge is 0.219 e. The van der Waals surface area contributed by atoms with Gasteiger partial charge in [-0.1, -0.05) is 43.7 Å². The van der Waals surface area contributed by atoms with Gasteiger partial charge in [0.15, 0.2) is 0 Å². The lowest BCUT2D eigenvalue weighted by Gasteiger charge is -2.33. The number of rotatable bonds is 6. The second-order valence-corrected chi connectivity index (χ2v) is 4.48. The van der Waals surface area contributed by atoms with Crippen molar-refractivity contribution >= 4 is 5.91 Å². The number of hydrogen-bond acceptors (Lipinski definition) is 2. The van der Waals surface area contributed by atoms with E-state index in [0.717, 1.165) is 18.5 Å². The third-order valence-electron chi connectivity index (χ3n) is 3.20. The third kappa shape index (κ3) is 3.30. The van der Waals surface area contributed by atoms with Crippen LogP contribution in [0.5, 0.6) is 0 Å². The summed E-state index contributed by atoms with van der Waals surface area (Å²) in [5, 5.41) is 3.41. The average Bonchev–Trinajstić information content (AvgIpc) is 2.28. The van der Waals surface area contributed by atoms with Gasteiger partial charge in [-0.25, -0.2) is 0 Å². The SMILES string of the molecule is CCNC(CC)(CC(N)=O)c1ccc(C)cc1. The van der Waals surface area contributed by atoms with Crippen LogP contribution in [0.4, 0.5) is 0 Å². The zero-order chi connectivity index (χ0) is 12.9. The molecule has 0 fully saturated rings. The molecule has 0 spiro atoms. The highest BCUT2D eigenvalue weighted by atomic mass is 16.1. The monoisotopic (exact) mass is 234 g/mol. The molecule has 3 N–H and O–H groups in total. The van der Waals surface area contributed by atoms with Crippen LogP contribution in [-0.4, -0.2) is 12.5 Å². The molecular formula is C14H22N2O. The molecule has 1 rings (SSSR count). The zero-order valence-electron chi connectivity index (χ0n) is 10.9. The summed E-state index contributed by atoms with van der Waals surface area (Å²) in [4.78, 5) is 11.3. The lowest BCUT2D eigenvalue weighted by molar-refractivity contribution is -0.119. The van der Waals surface area contributed by atoms with Gasteiger partial charge in [0, 0.05) is 6.42 Å². The van der Waals surface area contributed by atoms with Crippen molar-refractivity contribution in [1.29, 1.82) is 0 Å². The van der Waals surface area contributed by atoms with Gasteiger partial charge in [-0.15, -0.1) is 0 Å². The highest BCUT2D eigenvalue weighted by molar-refractivity contribution is 5.75. The molecule has 0 aliphatic carbocycles. The van der Waals surface area contributed by atoms with Gasteiger partial charge in [0.2, 0.25) is 5.91 Å². The summed E-state index contributed by atoms with van der Waals surface area (Å²) in [5.74, 6) is -0.270. The number of hydrogen-bond donors (Lipinski definition) is 2. The Morgan fingerprint density at radius 2 is 1.88 bits per heavy atom. The molecule has 0 saturated carbocycles. The van der Waals surface area contributed by atoms with Crippen molar-refractivity contribution < 1.29 is 4.79 Å². The first-order valence-corrected chi connectivity index (χ1v) is 6.14. The van der Waals surface area contributed by atoms with Gasteiger partial charge in [-0.3, -0.25) is 4.79 Å². The predicted molar refractivity (Wildman–Crippen MR) is 70.6 cm³/mol. The molecule has 0 aliphatic heterocycles. The Morgan fingerprint density at radius 1 is 1.29 bits per heavy atom. The number of primary amides is 1. The van der Waals surface area contributed by atoms with Crippen molar-refractivity contribution in [2.24, 2.45) is 5.73 Å². The number of aryl methyl sites for hydroxylation is 1. The van der Waals surface area contributed by atoms with E-state index in [4.69, 9.17) is 5.73 Å². The first-order valence-electron chi connectivity index (χ1n) is 6.14. The molecule has 94 valence electrons. The number of nitrogens with two attached hydrogens (primary N) is 1. The summed E-state index contributed by atoms with van der Waals surface area (Å²) in [5.41, 5.74) is 7.40. The summed E-state index contributed by atoms with van der Waals surface area (Å²) >= 11 is 0. The van der Waals surface area contributed by atoms with Crippen molar-refractivity contribution in [3.05, 3.63) is 35.4 Å². The van der Waals surface area contributed by atoms with Crippen LogP contribution < -0.4 is 11.1 Å². The minimum Gasteiger partial charge on any atom is -0.370 e. The molecular weight excluding hydrogens is 212 g/mol. The summed E-state index contributed by atoms with van der Waals surface area (Å²) in [6.45, 7) is 6.98. The van der Waals surface area contributed by atoms with Gasteiger partial charge in [0.25, 0.3) is 0 Å². The normalized spacial score (nSPS) is 14.3. The van der Waals surface area contributed by atoms with Gasteiger partial charge in [-0.2, -0.15) is 0 Å². The molecule has 0 aromatic heterocycles. The van der Waals surface area contributed by atoms with E-state index < -0.39 is 0 Å². The molecule has 3 nitrogen and oxygen atoms in total. The first-order chi connectivity index (χ1) is 8.04. The van der Waals surface area contributed by atoms with Crippen molar-refractivity contribution in [2.45, 2.75) is 39.2 Å². The Kier molecular flexibility index (Phi) is 4.70. The molecule has 1 atom stereocenters. The van der Waals surface area contributed by atoms with Crippen LogP contribution in [0.25, 0.3) is 0 Å². The maximum absolute atomic E-state index is 11.3. The summed E-state index contributed by atoms with van der Waals surface area (Å²) in [7, 11) is 0. The Labute approximate surface area is 103 Å². The van der Waals surface area contributed by atoms with Crippen molar-refractivity contribution in [3.63, 3.8) is 0 Å². The van der Waals surface area contributed by atoms with Gasteiger partial charge in [-0.05, 0) is 25.5 Å². The van der Waals surface area contributed by atoms with Crippen LogP contribution >= 0.6 is 0 Å². The predicted octanol–water partition coefficient (Wildman–Crippen LogP) is 2.09. The second kappa shape index (κ2) is 5.82. The lowest BCUT2D eigenvalue weighted by atomic mass is 9.83. The van der Waals surface area contributed by atoms with E-state index in [2.05, 4.69) is 43.4 Å². The number of nitrogens with one attached hydrogen (secondary N) is 1. The summed E-state index contributed by atoms with van der Waals surface area (Å²) < 4.78 is 0. The quantitative estimate of drug-likeness (QED) is 0.792. The van der Waals surface area contributed by atoms with Crippen LogP contribution in [0.2, 0.25) is 0 Å². The molecule has 1 amide bonds. The molecule has 0 radical (unpaired) electrons. The average molecular weight is 234 g/mol. The van der Waals surface area contributed by atoms with Crippen molar-refractivity contribution in [2.75, 3.05) is 6.54 Å². The summed E-state index contributed by atoms with van der Waals surface area (Å²) in [6, 6.07) is 8.28. The van der Waals surface area contributed by atoms with E-state index >= 15 is 0 Å². The fraction of sp³-hybridized carbons (Fsp3) is 0.500. The second-order valence-electron chi connectivity index (χ2n) is 4.48. The van der Waals surface area contributed by atoms with Crippen LogP contribution in [0, 0.1) is 6.92 Å². The number of amides is 1. The molecule has 0 aliphatic rings. The largest absolute Gasteiger partial charge is 0.370 e. The highest BCUT2D eigenvalue weighted by Crippen LogP contribution is 2.28. The number of carbonyl (C=O) groups excluding carboxylic acids is 1. The topological polar surface area (TPSA) is 55.1 Å². The minimum absolute atomic E-state index is 0.270. The maximum atomic E-state index is 11.3. The van der Waals surface area contributed by atoms with Crippen LogP contribution in [0.1, 0.15) is 37.8 Å². The Hall–Kier alpha value is -1.35. The van der Waals surface area contributed by atoms with Gasteiger partial charge >= 0.3 is 0 Å². The molecule has 0 bridgehead atoms. The third-order valence-corrected chi connectivity index (χ3v) is 3.20. The molecule has 17 heavy (non-hydrogen) atoms. The number of benzene rings is 1. The van der Waals surface area contributed by atoms with E-state index in [9.17, 15) is 4.79 Å². The fourth-order valence-corrected chi connectivity index (χ4v) is 2.23. The van der Waals surface area contributed by atoms with Gasteiger partial charge in [0.05, 0.1) is 5.54 Å². The van der Waals surface area contributed by atoms with Crippen LogP contribution in [-0.2, 0) is 10.3 Å². The van der Waals surface area contributed by atoms with E-state index in [-0.39, 0.29) is 11.4 Å². The molecule has 0 saturated heterocycles. The molecule has 3 heteroatoms. The molecule has 1 aromatic rings. The summed E-state index contributed by atoms with van der Waals surface area (Å²) in [6.07, 6.45) is 1.17. The van der Waals surface area contributed by atoms with Crippen LogP contribution in [0.3, 0.4) is 0 Å². The highest BCUT2D eigenvalue weighted by Gasteiger charge is 2.31. The van der Waals surface area contributed by atoms with E-state index in [1.807, 2.05) is 6.92 Å². The molecule has 0 heterocycles. The van der Waals surface area contributed by atoms with E-state index in [0.29, 0.717) is 6.42 Å². The minimum atomic E-state index is -0.325. The standard InChI is InChI=1S/C14H22N2O/c1-4-14(16-5-2,10-13(15)17)12-8-6-11(3)7-9-12/h6-9,16H,4-5,10H2,1-3H3,(H2,15,17).